The third-order valence-corrected chi connectivity index (χ3v) is 0.241. The Labute approximate surface area is 56.5 Å². The summed E-state index contributed by atoms with van der Waals surface area (Å²) >= 11 is 0. The van der Waals surface area contributed by atoms with Gasteiger partial charge in [0.15, 0.2) is 0 Å². The first-order chi connectivity index (χ1) is 4.00. The van der Waals surface area contributed by atoms with E-state index in [9.17, 15) is 0 Å². The fourth-order valence-electron chi connectivity index (χ4n) is 0. The first kappa shape index (κ1) is 11.3. The normalized spacial score (nSPS) is 11.2. The van der Waals surface area contributed by atoms with Crippen molar-refractivity contribution in [3.05, 3.63) is 0 Å². The molecule has 1 atom stereocenters. The Bertz CT molecular complexity index is 76.7. The highest BCUT2D eigenvalue weighted by Crippen LogP contribution is 1.66. The number of aliphatic hydroxyl groups is 2. The summed E-state index contributed by atoms with van der Waals surface area (Å²) in [6, 6.07) is 0. The highest BCUT2D eigenvalue weighted by molar-refractivity contribution is 4.89. The quantitative estimate of drug-likeness (QED) is 0.466. The van der Waals surface area contributed by atoms with Crippen LogP contribution in [0.1, 0.15) is 20.8 Å². The van der Waals surface area contributed by atoms with Crippen molar-refractivity contribution < 1.29 is 10.2 Å². The van der Waals surface area contributed by atoms with Crippen LogP contribution in [0.25, 0.3) is 0 Å². The molecule has 0 aliphatic carbocycles. The van der Waals surface area contributed by atoms with Crippen LogP contribution >= 0.6 is 0 Å². The molecule has 0 spiro atoms. The van der Waals surface area contributed by atoms with E-state index in [1.165, 1.54) is 0 Å². The standard InChI is InChI=1S/C4H6O.C3H8O/c1-3-4(2)5;1-3(2)4/h1,4-5H,2H3;3-4H,1-2H3. The summed E-state index contributed by atoms with van der Waals surface area (Å²) in [4.78, 5) is 0. The smallest absolute Gasteiger partial charge is 0.111 e. The number of terminal acetylenes is 1. The van der Waals surface area contributed by atoms with Gasteiger partial charge in [-0.2, -0.15) is 0 Å². The largest absolute Gasteiger partial charge is 0.394 e. The van der Waals surface area contributed by atoms with Crippen LogP contribution in [0, 0.1) is 12.3 Å². The van der Waals surface area contributed by atoms with Crippen LogP contribution in [0.5, 0.6) is 0 Å². The Morgan fingerprint density at radius 3 is 1.33 bits per heavy atom. The van der Waals surface area contributed by atoms with Crippen molar-refractivity contribution in [1.82, 2.24) is 0 Å². The Balaban J connectivity index is 0. The molecule has 54 valence electrons. The fourth-order valence-corrected chi connectivity index (χ4v) is 0. The van der Waals surface area contributed by atoms with Gasteiger partial charge < -0.3 is 10.2 Å². The number of hydrogen-bond acceptors (Lipinski definition) is 2. The van der Waals surface area contributed by atoms with Gasteiger partial charge in [-0.15, -0.1) is 6.42 Å². The average molecular weight is 130 g/mol. The molecule has 2 nitrogen and oxygen atoms in total. The molecular formula is C7H14O2. The van der Waals surface area contributed by atoms with E-state index in [1.54, 1.807) is 20.8 Å². The first-order valence-corrected chi connectivity index (χ1v) is 2.83. The van der Waals surface area contributed by atoms with Crippen molar-refractivity contribution in [2.24, 2.45) is 0 Å². The average Bonchev–Trinajstić information content (AvgIpc) is 1.65. The predicted octanol–water partition coefficient (Wildman–Crippen LogP) is 0.388. The summed E-state index contributed by atoms with van der Waals surface area (Å²) < 4.78 is 0. The minimum absolute atomic E-state index is 0.167. The Morgan fingerprint density at radius 1 is 1.22 bits per heavy atom. The SMILES string of the molecule is C#CC(C)O.CC(C)O. The molecule has 1 unspecified atom stereocenters. The van der Waals surface area contributed by atoms with E-state index in [1.807, 2.05) is 0 Å². The molecule has 0 aromatic rings. The van der Waals surface area contributed by atoms with Gasteiger partial charge in [0.2, 0.25) is 0 Å². The zero-order valence-electron chi connectivity index (χ0n) is 6.13. The van der Waals surface area contributed by atoms with Crippen molar-refractivity contribution in [2.45, 2.75) is 33.0 Å². The van der Waals surface area contributed by atoms with Crippen LogP contribution < -0.4 is 0 Å². The summed E-state index contributed by atoms with van der Waals surface area (Å²) in [5, 5.41) is 16.2. The molecule has 0 aliphatic heterocycles. The number of aliphatic hydroxyl groups excluding tert-OH is 2. The molecule has 0 saturated carbocycles. The molecular weight excluding hydrogens is 116 g/mol. The van der Waals surface area contributed by atoms with Crippen molar-refractivity contribution >= 4 is 0 Å². The summed E-state index contributed by atoms with van der Waals surface area (Å²) in [5.74, 6) is 2.08. The molecule has 0 rings (SSSR count). The second kappa shape index (κ2) is 7.48. The summed E-state index contributed by atoms with van der Waals surface area (Å²) in [6.07, 6.45) is 3.92. The van der Waals surface area contributed by atoms with Gasteiger partial charge in [0.1, 0.15) is 6.10 Å². The Kier molecular flexibility index (Phi) is 9.39. The maximum Gasteiger partial charge on any atom is 0.111 e. The molecule has 0 aromatic heterocycles. The Morgan fingerprint density at radius 2 is 1.33 bits per heavy atom. The lowest BCUT2D eigenvalue weighted by molar-refractivity contribution is 0.216. The predicted molar refractivity (Wildman–Crippen MR) is 37.9 cm³/mol. The van der Waals surface area contributed by atoms with Crippen LogP contribution in [0.15, 0.2) is 0 Å². The molecule has 0 amide bonds. The van der Waals surface area contributed by atoms with Crippen molar-refractivity contribution in [3.8, 4) is 12.3 Å². The fraction of sp³-hybridized carbons (Fsp3) is 0.714. The second-order valence-electron chi connectivity index (χ2n) is 1.94. The number of rotatable bonds is 0. The van der Waals surface area contributed by atoms with Crippen molar-refractivity contribution in [1.29, 1.82) is 0 Å². The van der Waals surface area contributed by atoms with Gasteiger partial charge in [0.25, 0.3) is 0 Å². The highest BCUT2D eigenvalue weighted by atomic mass is 16.3. The van der Waals surface area contributed by atoms with Gasteiger partial charge in [0.05, 0.1) is 0 Å². The Hall–Kier alpha value is -0.520. The third kappa shape index (κ3) is 103. The van der Waals surface area contributed by atoms with Crippen LogP contribution in [0.3, 0.4) is 0 Å². The topological polar surface area (TPSA) is 40.5 Å². The molecule has 2 N–H and O–H groups in total. The van der Waals surface area contributed by atoms with Crippen LogP contribution in [-0.4, -0.2) is 22.4 Å². The summed E-state index contributed by atoms with van der Waals surface area (Å²) in [5.41, 5.74) is 0. The van der Waals surface area contributed by atoms with Gasteiger partial charge in [-0.1, -0.05) is 5.92 Å². The lowest BCUT2D eigenvalue weighted by Gasteiger charge is -1.80. The molecule has 0 radical (unpaired) electrons. The van der Waals surface area contributed by atoms with Crippen LogP contribution in [0.4, 0.5) is 0 Å². The van der Waals surface area contributed by atoms with Crippen molar-refractivity contribution in [3.63, 3.8) is 0 Å². The monoisotopic (exact) mass is 130 g/mol. The molecule has 0 aromatic carbocycles. The lowest BCUT2D eigenvalue weighted by atomic mass is 10.4. The minimum atomic E-state index is -0.588. The number of hydrogen-bond donors (Lipinski definition) is 2. The first-order valence-electron chi connectivity index (χ1n) is 2.83. The molecule has 2 heteroatoms. The van der Waals surface area contributed by atoms with Gasteiger partial charge in [0, 0.05) is 6.10 Å². The minimum Gasteiger partial charge on any atom is -0.394 e. The molecule has 0 fully saturated rings. The maximum absolute atomic E-state index is 8.12. The van der Waals surface area contributed by atoms with E-state index < -0.39 is 6.10 Å². The molecule has 9 heavy (non-hydrogen) atoms. The van der Waals surface area contributed by atoms with Crippen LogP contribution in [0.2, 0.25) is 0 Å². The highest BCUT2D eigenvalue weighted by Gasteiger charge is 1.75. The summed E-state index contributed by atoms with van der Waals surface area (Å²) in [7, 11) is 0. The van der Waals surface area contributed by atoms with Gasteiger partial charge in [-0.25, -0.2) is 0 Å². The molecule has 0 heterocycles. The molecule has 0 saturated heterocycles. The van der Waals surface area contributed by atoms with E-state index >= 15 is 0 Å². The van der Waals surface area contributed by atoms with E-state index in [-0.39, 0.29) is 6.10 Å². The molecule has 0 bridgehead atoms. The zero-order chi connectivity index (χ0) is 7.86. The van der Waals surface area contributed by atoms with Gasteiger partial charge in [-0.3, -0.25) is 0 Å². The van der Waals surface area contributed by atoms with E-state index in [2.05, 4.69) is 12.3 Å². The van der Waals surface area contributed by atoms with Gasteiger partial charge in [-0.05, 0) is 20.8 Å². The van der Waals surface area contributed by atoms with Crippen LogP contribution in [-0.2, 0) is 0 Å². The van der Waals surface area contributed by atoms with E-state index in [0.717, 1.165) is 0 Å². The van der Waals surface area contributed by atoms with Crippen molar-refractivity contribution in [2.75, 3.05) is 0 Å². The molecule has 0 aliphatic rings. The van der Waals surface area contributed by atoms with Gasteiger partial charge >= 0.3 is 0 Å². The summed E-state index contributed by atoms with van der Waals surface area (Å²) in [6.45, 7) is 4.99. The zero-order valence-corrected chi connectivity index (χ0v) is 6.13. The lowest BCUT2D eigenvalue weighted by Crippen LogP contribution is -1.90. The second-order valence-corrected chi connectivity index (χ2v) is 1.94. The van der Waals surface area contributed by atoms with E-state index in [4.69, 9.17) is 10.2 Å². The third-order valence-electron chi connectivity index (χ3n) is 0.241. The maximum atomic E-state index is 8.12. The van der Waals surface area contributed by atoms with E-state index in [0.29, 0.717) is 0 Å².